The lowest BCUT2D eigenvalue weighted by molar-refractivity contribution is 0.0939. The first kappa shape index (κ1) is 18.5. The van der Waals surface area contributed by atoms with E-state index < -0.39 is 0 Å². The molecular formula is C23H23NO3. The van der Waals surface area contributed by atoms with Crippen molar-refractivity contribution in [2.45, 2.75) is 13.0 Å². The van der Waals surface area contributed by atoms with Gasteiger partial charge in [-0.25, -0.2) is 0 Å². The molecule has 27 heavy (non-hydrogen) atoms. The first-order chi connectivity index (χ1) is 13.2. The summed E-state index contributed by atoms with van der Waals surface area (Å²) in [6.07, 6.45) is 0. The first-order valence-corrected chi connectivity index (χ1v) is 8.94. The van der Waals surface area contributed by atoms with Crippen LogP contribution in [0.1, 0.15) is 34.5 Å². The molecule has 0 aliphatic rings. The normalized spacial score (nSPS) is 11.5. The highest BCUT2D eigenvalue weighted by Gasteiger charge is 2.20. The Hall–Kier alpha value is -3.27. The quantitative estimate of drug-likeness (QED) is 0.668. The maximum atomic E-state index is 13.0. The molecule has 0 spiro atoms. The second-order valence-electron chi connectivity index (χ2n) is 6.02. The van der Waals surface area contributed by atoms with Gasteiger partial charge < -0.3 is 14.8 Å². The Kier molecular flexibility index (Phi) is 6.10. The number of ether oxygens (including phenoxy) is 2. The number of hydrogen-bond donors (Lipinski definition) is 1. The number of para-hydroxylation sites is 1. The van der Waals surface area contributed by atoms with Crippen molar-refractivity contribution >= 4 is 5.91 Å². The van der Waals surface area contributed by atoms with Gasteiger partial charge in [-0.05, 0) is 42.3 Å². The maximum Gasteiger partial charge on any atom is 0.255 e. The number of rotatable bonds is 7. The molecule has 0 fully saturated rings. The van der Waals surface area contributed by atoms with Crippen LogP contribution < -0.4 is 14.8 Å². The average molecular weight is 361 g/mol. The van der Waals surface area contributed by atoms with E-state index in [1.54, 1.807) is 13.2 Å². The van der Waals surface area contributed by atoms with Gasteiger partial charge in [-0.15, -0.1) is 0 Å². The van der Waals surface area contributed by atoms with E-state index in [2.05, 4.69) is 5.32 Å². The van der Waals surface area contributed by atoms with Crippen LogP contribution in [0.5, 0.6) is 11.5 Å². The van der Waals surface area contributed by atoms with Crippen molar-refractivity contribution < 1.29 is 14.3 Å². The molecule has 1 amide bonds. The second kappa shape index (κ2) is 8.90. The number of nitrogens with one attached hydrogen (secondary N) is 1. The lowest BCUT2D eigenvalue weighted by Crippen LogP contribution is -2.29. The summed E-state index contributed by atoms with van der Waals surface area (Å²) in [4.78, 5) is 13.0. The molecule has 0 saturated heterocycles. The van der Waals surface area contributed by atoms with E-state index in [0.29, 0.717) is 17.9 Å². The van der Waals surface area contributed by atoms with Crippen molar-refractivity contribution in [3.05, 3.63) is 95.6 Å². The van der Waals surface area contributed by atoms with Gasteiger partial charge in [0.2, 0.25) is 0 Å². The monoisotopic (exact) mass is 361 g/mol. The number of methoxy groups -OCH3 is 1. The molecule has 138 valence electrons. The van der Waals surface area contributed by atoms with Crippen LogP contribution in [0.2, 0.25) is 0 Å². The number of amides is 1. The summed E-state index contributed by atoms with van der Waals surface area (Å²) in [5.74, 6) is 1.18. The van der Waals surface area contributed by atoms with Crippen LogP contribution >= 0.6 is 0 Å². The lowest BCUT2D eigenvalue weighted by atomic mass is 9.98. The van der Waals surface area contributed by atoms with E-state index in [1.165, 1.54) is 0 Å². The van der Waals surface area contributed by atoms with Crippen molar-refractivity contribution in [1.29, 1.82) is 0 Å². The molecule has 3 aromatic carbocycles. The molecule has 3 rings (SSSR count). The van der Waals surface area contributed by atoms with Crippen molar-refractivity contribution in [3.8, 4) is 11.5 Å². The highest BCUT2D eigenvalue weighted by molar-refractivity contribution is 5.97. The molecule has 0 bridgehead atoms. The Morgan fingerprint density at radius 2 is 1.52 bits per heavy atom. The molecule has 0 aliphatic heterocycles. The van der Waals surface area contributed by atoms with Crippen LogP contribution in [0.4, 0.5) is 0 Å². The van der Waals surface area contributed by atoms with Gasteiger partial charge >= 0.3 is 0 Å². The predicted molar refractivity (Wildman–Crippen MR) is 106 cm³/mol. The van der Waals surface area contributed by atoms with Crippen molar-refractivity contribution in [3.63, 3.8) is 0 Å². The molecule has 4 nitrogen and oxygen atoms in total. The molecule has 0 saturated carbocycles. The first-order valence-electron chi connectivity index (χ1n) is 8.94. The minimum absolute atomic E-state index is 0.177. The molecule has 1 N–H and O–H groups in total. The molecule has 4 heteroatoms. The van der Waals surface area contributed by atoms with Crippen LogP contribution in [0.25, 0.3) is 0 Å². The summed E-state index contributed by atoms with van der Waals surface area (Å²) in [5.41, 5.74) is 2.50. The second-order valence-corrected chi connectivity index (χ2v) is 6.02. The van der Waals surface area contributed by atoms with Gasteiger partial charge in [0.1, 0.15) is 11.5 Å². The predicted octanol–water partition coefficient (Wildman–Crippen LogP) is 4.61. The van der Waals surface area contributed by atoms with Gasteiger partial charge in [0.15, 0.2) is 0 Å². The highest BCUT2D eigenvalue weighted by Crippen LogP contribution is 2.26. The zero-order chi connectivity index (χ0) is 19.1. The fourth-order valence-corrected chi connectivity index (χ4v) is 2.95. The largest absolute Gasteiger partial charge is 0.497 e. The smallest absolute Gasteiger partial charge is 0.255 e. The van der Waals surface area contributed by atoms with Gasteiger partial charge in [-0.2, -0.15) is 0 Å². The Morgan fingerprint density at radius 3 is 2.19 bits per heavy atom. The number of carbonyl (C=O) groups is 1. The van der Waals surface area contributed by atoms with Gasteiger partial charge in [0, 0.05) is 0 Å². The van der Waals surface area contributed by atoms with E-state index in [1.807, 2.05) is 79.7 Å². The summed E-state index contributed by atoms with van der Waals surface area (Å²) in [6, 6.07) is 24.6. The van der Waals surface area contributed by atoms with Crippen LogP contribution in [-0.4, -0.2) is 19.6 Å². The highest BCUT2D eigenvalue weighted by atomic mass is 16.5. The summed E-state index contributed by atoms with van der Waals surface area (Å²) in [6.45, 7) is 2.41. The summed E-state index contributed by atoms with van der Waals surface area (Å²) in [7, 11) is 1.64. The topological polar surface area (TPSA) is 47.6 Å². The SMILES string of the molecule is CCOc1ccccc1C(=O)NC(c1ccccc1)c1ccc(OC)cc1. The minimum Gasteiger partial charge on any atom is -0.497 e. The Balaban J connectivity index is 1.93. The van der Waals surface area contributed by atoms with E-state index >= 15 is 0 Å². The Bertz CT molecular complexity index is 876. The molecule has 0 heterocycles. The minimum atomic E-state index is -0.278. The van der Waals surface area contributed by atoms with E-state index in [-0.39, 0.29) is 11.9 Å². The molecule has 1 unspecified atom stereocenters. The van der Waals surface area contributed by atoms with Crippen LogP contribution in [0.15, 0.2) is 78.9 Å². The molecule has 0 radical (unpaired) electrons. The zero-order valence-electron chi connectivity index (χ0n) is 15.5. The summed E-state index contributed by atoms with van der Waals surface area (Å²) >= 11 is 0. The van der Waals surface area contributed by atoms with Crippen molar-refractivity contribution in [2.24, 2.45) is 0 Å². The van der Waals surface area contributed by atoms with Gasteiger partial charge in [0.05, 0.1) is 25.3 Å². The van der Waals surface area contributed by atoms with Gasteiger partial charge in [-0.3, -0.25) is 4.79 Å². The third-order valence-corrected chi connectivity index (χ3v) is 4.29. The van der Waals surface area contributed by atoms with E-state index in [0.717, 1.165) is 16.9 Å². The molecular weight excluding hydrogens is 338 g/mol. The molecule has 3 aromatic rings. The average Bonchev–Trinajstić information content (AvgIpc) is 2.73. The van der Waals surface area contributed by atoms with Crippen LogP contribution in [-0.2, 0) is 0 Å². The fourth-order valence-electron chi connectivity index (χ4n) is 2.95. The third-order valence-electron chi connectivity index (χ3n) is 4.29. The van der Waals surface area contributed by atoms with Crippen LogP contribution in [0, 0.1) is 0 Å². The van der Waals surface area contributed by atoms with E-state index in [4.69, 9.17) is 9.47 Å². The summed E-state index contributed by atoms with van der Waals surface area (Å²) in [5, 5.41) is 3.14. The lowest BCUT2D eigenvalue weighted by Gasteiger charge is -2.21. The maximum absolute atomic E-state index is 13.0. The van der Waals surface area contributed by atoms with Crippen molar-refractivity contribution in [2.75, 3.05) is 13.7 Å². The fraction of sp³-hybridized carbons (Fsp3) is 0.174. The van der Waals surface area contributed by atoms with Gasteiger partial charge in [0.25, 0.3) is 5.91 Å². The van der Waals surface area contributed by atoms with Crippen molar-refractivity contribution in [1.82, 2.24) is 5.32 Å². The standard InChI is InChI=1S/C23H23NO3/c1-3-27-21-12-8-7-11-20(21)23(25)24-22(17-9-5-4-6-10-17)18-13-15-19(26-2)16-14-18/h4-16,22H,3H2,1-2H3,(H,24,25). The summed E-state index contributed by atoms with van der Waals surface area (Å²) < 4.78 is 10.8. The van der Waals surface area contributed by atoms with E-state index in [9.17, 15) is 4.79 Å². The third kappa shape index (κ3) is 4.47. The van der Waals surface area contributed by atoms with Crippen LogP contribution in [0.3, 0.4) is 0 Å². The molecule has 1 atom stereocenters. The number of carbonyl (C=O) groups excluding carboxylic acids is 1. The number of hydrogen-bond acceptors (Lipinski definition) is 3. The zero-order valence-corrected chi connectivity index (χ0v) is 15.5. The molecule has 0 aliphatic carbocycles. The van der Waals surface area contributed by atoms with Gasteiger partial charge in [-0.1, -0.05) is 54.6 Å². The Morgan fingerprint density at radius 1 is 0.889 bits per heavy atom. The number of benzene rings is 3. The Labute approximate surface area is 159 Å². The molecule has 0 aromatic heterocycles.